The van der Waals surface area contributed by atoms with Crippen molar-refractivity contribution in [2.24, 2.45) is 0 Å². The number of halogens is 1. The Labute approximate surface area is 147 Å². The van der Waals surface area contributed by atoms with Gasteiger partial charge in [0.1, 0.15) is 6.54 Å². The largest absolute Gasteiger partial charge is 0.329 e. The second-order valence-corrected chi connectivity index (χ2v) is 15.4. The van der Waals surface area contributed by atoms with Crippen molar-refractivity contribution in [1.82, 2.24) is 4.31 Å². The van der Waals surface area contributed by atoms with Crippen molar-refractivity contribution in [3.05, 3.63) is 27.3 Å². The van der Waals surface area contributed by atoms with Crippen LogP contribution in [0.3, 0.4) is 0 Å². The summed E-state index contributed by atoms with van der Waals surface area (Å²) in [6, 6.07) is 6.32. The van der Waals surface area contributed by atoms with E-state index in [0.29, 0.717) is 5.69 Å². The molecule has 1 aliphatic heterocycles. The van der Waals surface area contributed by atoms with Crippen LogP contribution in [0.25, 0.3) is 0 Å². The summed E-state index contributed by atoms with van der Waals surface area (Å²) in [5.41, 5.74) is 1.44. The number of carbonyl (C=O) groups is 1. The van der Waals surface area contributed by atoms with Crippen molar-refractivity contribution in [1.29, 1.82) is 0 Å². The molecule has 0 unspecified atom stereocenters. The fourth-order valence-corrected chi connectivity index (χ4v) is 5.62. The SMILES string of the molecule is Cc1cc(I)ccc1N1CC(=O)N(CC[Si](C)(C)C)S1(=O)=O. The van der Waals surface area contributed by atoms with Crippen molar-refractivity contribution in [3.8, 4) is 0 Å². The van der Waals surface area contributed by atoms with Crippen molar-refractivity contribution in [3.63, 3.8) is 0 Å². The Bertz CT molecular complexity index is 701. The molecule has 0 bridgehead atoms. The summed E-state index contributed by atoms with van der Waals surface area (Å²) >= 11 is 2.18. The molecule has 2 rings (SSSR count). The first-order chi connectivity index (χ1) is 10.0. The third kappa shape index (κ3) is 3.65. The van der Waals surface area contributed by atoms with E-state index in [4.69, 9.17) is 0 Å². The summed E-state index contributed by atoms with van der Waals surface area (Å²) in [7, 11) is -5.17. The Hall–Kier alpha value is -0.613. The topological polar surface area (TPSA) is 57.7 Å². The number of amides is 1. The highest BCUT2D eigenvalue weighted by atomic mass is 127. The van der Waals surface area contributed by atoms with E-state index < -0.39 is 18.3 Å². The van der Waals surface area contributed by atoms with Crippen molar-refractivity contribution in [2.75, 3.05) is 17.4 Å². The number of carbonyl (C=O) groups excluding carboxylic acids is 1. The van der Waals surface area contributed by atoms with Crippen LogP contribution in [0.5, 0.6) is 0 Å². The molecule has 1 saturated heterocycles. The van der Waals surface area contributed by atoms with Gasteiger partial charge >= 0.3 is 10.2 Å². The number of aryl methyl sites for hydroxylation is 1. The van der Waals surface area contributed by atoms with Crippen molar-refractivity contribution < 1.29 is 13.2 Å². The first-order valence-corrected chi connectivity index (χ1v) is 13.3. The van der Waals surface area contributed by atoms with E-state index >= 15 is 0 Å². The summed E-state index contributed by atoms with van der Waals surface area (Å²) in [6.07, 6.45) is 0. The molecule has 0 radical (unpaired) electrons. The average Bonchev–Trinajstić information content (AvgIpc) is 2.56. The highest BCUT2D eigenvalue weighted by molar-refractivity contribution is 14.1. The molecule has 8 heteroatoms. The lowest BCUT2D eigenvalue weighted by Gasteiger charge is -2.23. The van der Waals surface area contributed by atoms with Gasteiger partial charge in [-0.05, 0) is 59.3 Å². The van der Waals surface area contributed by atoms with Gasteiger partial charge in [0.2, 0.25) is 0 Å². The van der Waals surface area contributed by atoms with Crippen LogP contribution >= 0.6 is 22.6 Å². The molecule has 0 aromatic heterocycles. The molecule has 1 aromatic rings. The van der Waals surface area contributed by atoms with E-state index in [0.717, 1.165) is 19.5 Å². The monoisotopic (exact) mass is 452 g/mol. The fourth-order valence-electron chi connectivity index (χ4n) is 2.32. The van der Waals surface area contributed by atoms with Gasteiger partial charge in [0.15, 0.2) is 0 Å². The quantitative estimate of drug-likeness (QED) is 0.522. The van der Waals surface area contributed by atoms with Gasteiger partial charge in [-0.15, -0.1) is 0 Å². The van der Waals surface area contributed by atoms with Gasteiger partial charge in [-0.3, -0.25) is 4.79 Å². The predicted octanol–water partition coefficient (Wildman–Crippen LogP) is 2.83. The highest BCUT2D eigenvalue weighted by Crippen LogP contribution is 2.30. The van der Waals surface area contributed by atoms with Gasteiger partial charge in [0.05, 0.1) is 5.69 Å². The summed E-state index contributed by atoms with van der Waals surface area (Å²) in [6.45, 7) is 8.55. The van der Waals surface area contributed by atoms with E-state index in [1.165, 1.54) is 4.31 Å². The second-order valence-electron chi connectivity index (χ2n) is 6.72. The lowest BCUT2D eigenvalue weighted by atomic mass is 10.2. The van der Waals surface area contributed by atoms with Gasteiger partial charge in [-0.2, -0.15) is 8.42 Å². The Balaban J connectivity index is 2.31. The number of nitrogens with zero attached hydrogens (tertiary/aromatic N) is 2. The zero-order valence-electron chi connectivity index (χ0n) is 13.3. The molecular weight excluding hydrogens is 431 g/mol. The fraction of sp³-hybridized carbons (Fsp3) is 0.500. The van der Waals surface area contributed by atoms with Gasteiger partial charge < -0.3 is 0 Å². The summed E-state index contributed by atoms with van der Waals surface area (Å²) in [4.78, 5) is 12.2. The smallest absolute Gasteiger partial charge is 0.272 e. The number of anilines is 1. The zero-order chi connectivity index (χ0) is 16.7. The molecule has 0 N–H and O–H groups in total. The average molecular weight is 452 g/mol. The van der Waals surface area contributed by atoms with Gasteiger partial charge in [-0.1, -0.05) is 19.6 Å². The molecule has 0 atom stereocenters. The number of hydrogen-bond donors (Lipinski definition) is 0. The Morgan fingerprint density at radius 1 is 1.27 bits per heavy atom. The van der Waals surface area contributed by atoms with Crippen LogP contribution in [-0.4, -0.2) is 39.8 Å². The van der Waals surface area contributed by atoms with E-state index in [9.17, 15) is 13.2 Å². The maximum Gasteiger partial charge on any atom is 0.329 e. The lowest BCUT2D eigenvalue weighted by Crippen LogP contribution is -2.37. The van der Waals surface area contributed by atoms with E-state index in [1.807, 2.05) is 19.1 Å². The standard InChI is InChI=1S/C14H21IN2O3SSi/c1-11-9-12(15)5-6-13(11)17-10-14(18)16(21(17,19)20)7-8-22(2,3)4/h5-6,9H,7-8,10H2,1-4H3. The normalized spacial score (nSPS) is 18.1. The van der Waals surface area contributed by atoms with Crippen LogP contribution in [-0.2, 0) is 15.0 Å². The maximum absolute atomic E-state index is 12.7. The molecule has 0 spiro atoms. The third-order valence-corrected chi connectivity index (χ3v) is 7.83. The highest BCUT2D eigenvalue weighted by Gasteiger charge is 2.43. The van der Waals surface area contributed by atoms with Crippen molar-refractivity contribution >= 4 is 52.5 Å². The summed E-state index contributed by atoms with van der Waals surface area (Å²) in [5, 5.41) is 0. The lowest BCUT2D eigenvalue weighted by molar-refractivity contribution is -0.123. The Morgan fingerprint density at radius 2 is 1.91 bits per heavy atom. The first kappa shape index (κ1) is 17.7. The summed E-state index contributed by atoms with van der Waals surface area (Å²) in [5.74, 6) is -0.337. The van der Waals surface area contributed by atoms with Crippen LogP contribution in [0.4, 0.5) is 5.69 Å². The molecule has 1 aliphatic rings. The molecule has 122 valence electrons. The summed E-state index contributed by atoms with van der Waals surface area (Å²) < 4.78 is 28.7. The number of benzene rings is 1. The minimum Gasteiger partial charge on any atom is -0.272 e. The maximum atomic E-state index is 12.7. The van der Waals surface area contributed by atoms with Crippen LogP contribution in [0.1, 0.15) is 5.56 Å². The van der Waals surface area contributed by atoms with E-state index in [-0.39, 0.29) is 19.0 Å². The molecule has 1 amide bonds. The first-order valence-electron chi connectivity index (χ1n) is 7.12. The van der Waals surface area contributed by atoms with Gasteiger partial charge in [-0.25, -0.2) is 8.61 Å². The van der Waals surface area contributed by atoms with E-state index in [1.54, 1.807) is 6.07 Å². The van der Waals surface area contributed by atoms with Crippen LogP contribution < -0.4 is 4.31 Å². The van der Waals surface area contributed by atoms with Crippen LogP contribution in [0.15, 0.2) is 18.2 Å². The second kappa shape index (κ2) is 6.12. The number of hydrogen-bond acceptors (Lipinski definition) is 3. The molecule has 1 fully saturated rings. The molecular formula is C14H21IN2O3SSi. The minimum atomic E-state index is -3.75. The predicted molar refractivity (Wildman–Crippen MR) is 100 cm³/mol. The number of rotatable bonds is 4. The van der Waals surface area contributed by atoms with Crippen molar-refractivity contribution in [2.45, 2.75) is 32.6 Å². The molecule has 0 aliphatic carbocycles. The Kier molecular flexibility index (Phi) is 4.93. The van der Waals surface area contributed by atoms with Gasteiger partial charge in [0.25, 0.3) is 5.91 Å². The van der Waals surface area contributed by atoms with Gasteiger partial charge in [0, 0.05) is 18.2 Å². The molecule has 1 heterocycles. The molecule has 1 aromatic carbocycles. The molecule has 5 nitrogen and oxygen atoms in total. The Morgan fingerprint density at radius 3 is 2.45 bits per heavy atom. The minimum absolute atomic E-state index is 0.102. The zero-order valence-corrected chi connectivity index (χ0v) is 17.2. The van der Waals surface area contributed by atoms with Crippen LogP contribution in [0.2, 0.25) is 25.7 Å². The molecule has 22 heavy (non-hydrogen) atoms. The van der Waals surface area contributed by atoms with E-state index in [2.05, 4.69) is 42.2 Å². The van der Waals surface area contributed by atoms with Crippen LogP contribution in [0, 0.1) is 10.5 Å². The third-order valence-electron chi connectivity index (χ3n) is 3.61. The molecule has 0 saturated carbocycles.